The molecule has 0 aromatic rings. The first-order valence-electron chi connectivity index (χ1n) is 5.87. The Hall–Kier alpha value is -0.850. The van der Waals surface area contributed by atoms with Crippen LogP contribution in [0.15, 0.2) is 0 Å². The smallest absolute Gasteiger partial charge is 0.239 e. The molecule has 0 spiro atoms. The summed E-state index contributed by atoms with van der Waals surface area (Å²) in [5.41, 5.74) is 10.5. The van der Waals surface area contributed by atoms with Crippen LogP contribution in [0.1, 0.15) is 19.3 Å². The van der Waals surface area contributed by atoms with Crippen molar-refractivity contribution in [3.8, 4) is 0 Å². The highest BCUT2D eigenvalue weighted by Crippen LogP contribution is 2.28. The van der Waals surface area contributed by atoms with E-state index in [1.165, 1.54) is 17.7 Å². The van der Waals surface area contributed by atoms with Gasteiger partial charge in [-0.05, 0) is 18.8 Å². The number of hydrogen-bond donors (Lipinski definition) is 2. The fraction of sp³-hybridized carbons (Fsp3) is 0.818. The number of carbonyl (C=O) groups is 2. The van der Waals surface area contributed by atoms with E-state index in [1.54, 1.807) is 7.05 Å². The first-order valence-corrected chi connectivity index (χ1v) is 5.87. The topological polar surface area (TPSA) is 98.7 Å². The minimum atomic E-state index is -0.846. The standard InChI is InChI=1S/C11H21N3O3.ClH/c1-14(4-5-17-7-8-2-3-8)11(16)9(12)6-10(13)15;/h8-9H,2-7,12H2,1H3,(H2,13,15);1H. The van der Waals surface area contributed by atoms with Gasteiger partial charge in [-0.3, -0.25) is 9.59 Å². The van der Waals surface area contributed by atoms with Crippen molar-refractivity contribution < 1.29 is 14.3 Å². The molecule has 1 fully saturated rings. The van der Waals surface area contributed by atoms with Crippen molar-refractivity contribution in [2.75, 3.05) is 26.8 Å². The average molecular weight is 280 g/mol. The Morgan fingerprint density at radius 1 is 1.44 bits per heavy atom. The summed E-state index contributed by atoms with van der Waals surface area (Å²) in [4.78, 5) is 23.8. The van der Waals surface area contributed by atoms with E-state index >= 15 is 0 Å². The number of rotatable bonds is 8. The molecule has 1 rings (SSSR count). The molecular weight excluding hydrogens is 258 g/mol. The number of halogens is 1. The van der Waals surface area contributed by atoms with Crippen molar-refractivity contribution in [3.05, 3.63) is 0 Å². The third kappa shape index (κ3) is 6.78. The van der Waals surface area contributed by atoms with Crippen LogP contribution >= 0.6 is 12.4 Å². The van der Waals surface area contributed by atoms with Gasteiger partial charge in [-0.25, -0.2) is 0 Å². The maximum atomic E-state index is 11.7. The van der Waals surface area contributed by atoms with Crippen LogP contribution < -0.4 is 11.5 Å². The first-order chi connectivity index (χ1) is 8.00. The van der Waals surface area contributed by atoms with Crippen molar-refractivity contribution in [3.63, 3.8) is 0 Å². The molecule has 0 saturated heterocycles. The Balaban J connectivity index is 0.00000289. The maximum Gasteiger partial charge on any atom is 0.239 e. The second-order valence-corrected chi connectivity index (χ2v) is 4.56. The minimum Gasteiger partial charge on any atom is -0.379 e. The van der Waals surface area contributed by atoms with Crippen molar-refractivity contribution >= 4 is 24.2 Å². The molecule has 0 aliphatic heterocycles. The molecule has 0 aromatic carbocycles. The molecule has 0 aromatic heterocycles. The SMILES string of the molecule is CN(CCOCC1CC1)C(=O)C(N)CC(N)=O.Cl. The third-order valence-electron chi connectivity index (χ3n) is 2.74. The van der Waals surface area contributed by atoms with Gasteiger partial charge in [0.05, 0.1) is 19.1 Å². The van der Waals surface area contributed by atoms with Gasteiger partial charge >= 0.3 is 0 Å². The van der Waals surface area contributed by atoms with Crippen molar-refractivity contribution in [1.29, 1.82) is 0 Å². The van der Waals surface area contributed by atoms with E-state index in [2.05, 4.69) is 0 Å². The molecule has 4 N–H and O–H groups in total. The van der Waals surface area contributed by atoms with Crippen LogP contribution in [0.2, 0.25) is 0 Å². The van der Waals surface area contributed by atoms with E-state index in [4.69, 9.17) is 16.2 Å². The van der Waals surface area contributed by atoms with Crippen molar-refractivity contribution in [1.82, 2.24) is 4.90 Å². The zero-order valence-electron chi connectivity index (χ0n) is 10.6. The molecule has 0 radical (unpaired) electrons. The molecule has 0 bridgehead atoms. The molecule has 1 atom stereocenters. The number of carbonyl (C=O) groups excluding carboxylic acids is 2. The lowest BCUT2D eigenvalue weighted by molar-refractivity contribution is -0.134. The lowest BCUT2D eigenvalue weighted by atomic mass is 10.2. The minimum absolute atomic E-state index is 0. The second kappa shape index (κ2) is 8.29. The average Bonchev–Trinajstić information content (AvgIpc) is 3.05. The van der Waals surface area contributed by atoms with Crippen LogP contribution in [0.5, 0.6) is 0 Å². The van der Waals surface area contributed by atoms with Gasteiger partial charge in [-0.15, -0.1) is 12.4 Å². The molecule has 1 aliphatic rings. The molecule has 0 heterocycles. The maximum absolute atomic E-state index is 11.7. The fourth-order valence-corrected chi connectivity index (χ4v) is 1.43. The van der Waals surface area contributed by atoms with Crippen LogP contribution in [0, 0.1) is 5.92 Å². The van der Waals surface area contributed by atoms with Crippen LogP contribution in [-0.4, -0.2) is 49.6 Å². The van der Waals surface area contributed by atoms with Crippen LogP contribution in [0.3, 0.4) is 0 Å². The summed E-state index contributed by atoms with van der Waals surface area (Å²) in [6.45, 7) is 1.76. The summed E-state index contributed by atoms with van der Waals surface area (Å²) in [5, 5.41) is 0. The molecule has 7 heteroatoms. The quantitative estimate of drug-likeness (QED) is 0.585. The van der Waals surface area contributed by atoms with E-state index in [9.17, 15) is 9.59 Å². The third-order valence-corrected chi connectivity index (χ3v) is 2.74. The molecule has 1 saturated carbocycles. The Bertz CT molecular complexity index is 285. The largest absolute Gasteiger partial charge is 0.379 e. The highest BCUT2D eigenvalue weighted by atomic mass is 35.5. The van der Waals surface area contributed by atoms with Gasteiger partial charge in [0, 0.05) is 20.2 Å². The first kappa shape index (κ1) is 17.2. The number of hydrogen-bond acceptors (Lipinski definition) is 4. The molecule has 1 aliphatic carbocycles. The molecule has 106 valence electrons. The lowest BCUT2D eigenvalue weighted by Gasteiger charge is -2.20. The number of amides is 2. The van der Waals surface area contributed by atoms with E-state index in [1.807, 2.05) is 0 Å². The zero-order valence-corrected chi connectivity index (χ0v) is 11.4. The highest BCUT2D eigenvalue weighted by molar-refractivity contribution is 5.87. The number of ether oxygens (including phenoxy) is 1. The molecule has 1 unspecified atom stereocenters. The van der Waals surface area contributed by atoms with E-state index in [0.29, 0.717) is 19.1 Å². The summed E-state index contributed by atoms with van der Waals surface area (Å²) in [6, 6.07) is -0.846. The zero-order chi connectivity index (χ0) is 12.8. The predicted molar refractivity (Wildman–Crippen MR) is 70.2 cm³/mol. The predicted octanol–water partition coefficient (Wildman–Crippen LogP) is -0.504. The van der Waals surface area contributed by atoms with Crippen LogP contribution in [0.25, 0.3) is 0 Å². The molecule has 2 amide bonds. The van der Waals surface area contributed by atoms with Gasteiger partial charge in [-0.1, -0.05) is 0 Å². The van der Waals surface area contributed by atoms with Gasteiger partial charge in [0.2, 0.25) is 11.8 Å². The Morgan fingerprint density at radius 3 is 2.56 bits per heavy atom. The van der Waals surface area contributed by atoms with Crippen LogP contribution in [0.4, 0.5) is 0 Å². The summed E-state index contributed by atoms with van der Waals surface area (Å²) < 4.78 is 5.41. The second-order valence-electron chi connectivity index (χ2n) is 4.56. The Kier molecular flexibility index (Phi) is 7.90. The van der Waals surface area contributed by atoms with Crippen molar-refractivity contribution in [2.24, 2.45) is 17.4 Å². The molecular formula is C11H22ClN3O3. The monoisotopic (exact) mass is 279 g/mol. The Labute approximate surface area is 113 Å². The van der Waals surface area contributed by atoms with E-state index in [-0.39, 0.29) is 24.7 Å². The summed E-state index contributed by atoms with van der Waals surface area (Å²) >= 11 is 0. The normalized spacial score (nSPS) is 15.7. The van der Waals surface area contributed by atoms with Gasteiger partial charge in [0.15, 0.2) is 0 Å². The summed E-state index contributed by atoms with van der Waals surface area (Å²) in [7, 11) is 1.64. The van der Waals surface area contributed by atoms with Gasteiger partial charge < -0.3 is 21.1 Å². The molecule has 18 heavy (non-hydrogen) atoms. The van der Waals surface area contributed by atoms with Crippen molar-refractivity contribution in [2.45, 2.75) is 25.3 Å². The lowest BCUT2D eigenvalue weighted by Crippen LogP contribution is -2.44. The van der Waals surface area contributed by atoms with Gasteiger partial charge in [-0.2, -0.15) is 0 Å². The van der Waals surface area contributed by atoms with Gasteiger partial charge in [0.25, 0.3) is 0 Å². The molecule has 6 nitrogen and oxygen atoms in total. The number of likely N-dealkylation sites (N-methyl/N-ethyl adjacent to an activating group) is 1. The number of nitrogens with two attached hydrogens (primary N) is 2. The summed E-state index contributed by atoms with van der Waals surface area (Å²) in [5.74, 6) is -0.129. The van der Waals surface area contributed by atoms with Gasteiger partial charge in [0.1, 0.15) is 0 Å². The Morgan fingerprint density at radius 2 is 2.06 bits per heavy atom. The van der Waals surface area contributed by atoms with E-state index in [0.717, 1.165) is 6.61 Å². The summed E-state index contributed by atoms with van der Waals surface area (Å²) in [6.07, 6.45) is 2.38. The fourth-order valence-electron chi connectivity index (χ4n) is 1.43. The highest BCUT2D eigenvalue weighted by Gasteiger charge is 2.22. The van der Waals surface area contributed by atoms with E-state index < -0.39 is 11.9 Å². The van der Waals surface area contributed by atoms with Crippen LogP contribution in [-0.2, 0) is 14.3 Å². The number of primary amides is 1. The number of nitrogens with zero attached hydrogens (tertiary/aromatic N) is 1.